The first-order chi connectivity index (χ1) is 6.68. The van der Waals surface area contributed by atoms with Crippen molar-refractivity contribution in [3.05, 3.63) is 12.0 Å². The topological polar surface area (TPSA) is 58.5 Å². The molecule has 1 atom stereocenters. The minimum Gasteiger partial charge on any atom is -0.486 e. The van der Waals surface area contributed by atoms with Crippen molar-refractivity contribution in [1.29, 1.82) is 0 Å². The molecule has 5 nitrogen and oxygen atoms in total. The number of rotatable bonds is 1. The zero-order chi connectivity index (χ0) is 10.1. The van der Waals surface area contributed by atoms with Crippen LogP contribution < -0.4 is 9.64 Å². The molecule has 0 saturated heterocycles. The molecule has 1 aromatic rings. The highest BCUT2D eigenvalue weighted by Crippen LogP contribution is 2.28. The molecule has 0 fully saturated rings. The monoisotopic (exact) mass is 195 g/mol. The summed E-state index contributed by atoms with van der Waals surface area (Å²) in [5, 5.41) is 9.33. The lowest BCUT2D eigenvalue weighted by molar-refractivity contribution is 0.188. The smallest absolute Gasteiger partial charge is 0.180 e. The quantitative estimate of drug-likeness (QED) is 0.701. The van der Waals surface area contributed by atoms with E-state index < -0.39 is 6.10 Å². The van der Waals surface area contributed by atoms with Crippen LogP contribution in [0.25, 0.3) is 0 Å². The van der Waals surface area contributed by atoms with Gasteiger partial charge < -0.3 is 14.7 Å². The van der Waals surface area contributed by atoms with Crippen molar-refractivity contribution >= 4 is 5.82 Å². The van der Waals surface area contributed by atoms with Gasteiger partial charge in [-0.2, -0.15) is 0 Å². The van der Waals surface area contributed by atoms with E-state index >= 15 is 0 Å². The summed E-state index contributed by atoms with van der Waals surface area (Å²) in [6.45, 7) is 3.11. The van der Waals surface area contributed by atoms with Gasteiger partial charge in [-0.1, -0.05) is 0 Å². The maximum absolute atomic E-state index is 9.33. The molecule has 5 heteroatoms. The second kappa shape index (κ2) is 3.42. The second-order valence-electron chi connectivity index (χ2n) is 3.36. The van der Waals surface area contributed by atoms with E-state index in [1.807, 2.05) is 11.9 Å². The predicted molar refractivity (Wildman–Crippen MR) is 51.4 cm³/mol. The van der Waals surface area contributed by atoms with Crippen LogP contribution in [0.3, 0.4) is 0 Å². The lowest BCUT2D eigenvalue weighted by Gasteiger charge is -2.26. The number of anilines is 1. The fraction of sp³-hybridized carbons (Fsp3) is 0.556. The van der Waals surface area contributed by atoms with E-state index in [9.17, 15) is 5.11 Å². The molecular formula is C9H13N3O2. The third-order valence-corrected chi connectivity index (χ3v) is 2.17. The Morgan fingerprint density at radius 1 is 1.64 bits per heavy atom. The highest BCUT2D eigenvalue weighted by atomic mass is 16.5. The molecule has 2 rings (SSSR count). The molecule has 0 radical (unpaired) electrons. The van der Waals surface area contributed by atoms with Crippen LogP contribution in [0.2, 0.25) is 0 Å². The minimum atomic E-state index is -0.643. The Morgan fingerprint density at radius 2 is 2.43 bits per heavy atom. The Morgan fingerprint density at radius 3 is 3.14 bits per heavy atom. The van der Waals surface area contributed by atoms with Crippen LogP contribution in [0.4, 0.5) is 5.82 Å². The first-order valence-electron chi connectivity index (χ1n) is 4.57. The molecule has 14 heavy (non-hydrogen) atoms. The zero-order valence-corrected chi connectivity index (χ0v) is 8.27. The summed E-state index contributed by atoms with van der Waals surface area (Å²) in [7, 11) is 1.94. The number of fused-ring (bicyclic) bond motifs is 1. The van der Waals surface area contributed by atoms with Gasteiger partial charge in [0.05, 0.1) is 12.7 Å². The van der Waals surface area contributed by atoms with Crippen LogP contribution in [0.15, 0.2) is 6.20 Å². The summed E-state index contributed by atoms with van der Waals surface area (Å²) in [6.07, 6.45) is 0.968. The van der Waals surface area contributed by atoms with Gasteiger partial charge >= 0.3 is 0 Å². The Hall–Kier alpha value is -1.36. The lowest BCUT2D eigenvalue weighted by Crippen LogP contribution is -2.30. The molecule has 76 valence electrons. The molecule has 0 saturated carbocycles. The SMILES string of the molecule is CC(O)c1ncc2c(n1)N(C)CCO2. The Kier molecular flexibility index (Phi) is 2.25. The summed E-state index contributed by atoms with van der Waals surface area (Å²) in [5.74, 6) is 1.87. The number of likely N-dealkylation sites (N-methyl/N-ethyl adjacent to an activating group) is 1. The fourth-order valence-electron chi connectivity index (χ4n) is 1.35. The molecule has 1 unspecified atom stereocenters. The van der Waals surface area contributed by atoms with Gasteiger partial charge in [0.1, 0.15) is 12.7 Å². The molecule has 0 aliphatic carbocycles. The predicted octanol–water partition coefficient (Wildman–Crippen LogP) is 0.359. The molecule has 1 N–H and O–H groups in total. The number of nitrogens with zero attached hydrogens (tertiary/aromatic N) is 3. The lowest BCUT2D eigenvalue weighted by atomic mass is 10.3. The number of hydrogen-bond donors (Lipinski definition) is 1. The molecule has 1 aromatic heterocycles. The Bertz CT molecular complexity index is 341. The summed E-state index contributed by atoms with van der Waals surface area (Å²) >= 11 is 0. The maximum atomic E-state index is 9.33. The van der Waals surface area contributed by atoms with Crippen molar-refractivity contribution in [3.8, 4) is 5.75 Å². The van der Waals surface area contributed by atoms with Crippen LogP contribution in [-0.4, -0.2) is 35.3 Å². The number of hydrogen-bond acceptors (Lipinski definition) is 5. The Labute approximate surface area is 82.4 Å². The number of ether oxygens (including phenoxy) is 1. The van der Waals surface area contributed by atoms with Crippen LogP contribution in [0.1, 0.15) is 18.9 Å². The highest BCUT2D eigenvalue weighted by molar-refractivity contribution is 5.52. The van der Waals surface area contributed by atoms with Crippen molar-refractivity contribution in [3.63, 3.8) is 0 Å². The molecule has 0 bridgehead atoms. The first kappa shape index (κ1) is 9.21. The van der Waals surface area contributed by atoms with Crippen LogP contribution in [0, 0.1) is 0 Å². The van der Waals surface area contributed by atoms with E-state index in [0.29, 0.717) is 18.2 Å². The van der Waals surface area contributed by atoms with Crippen LogP contribution >= 0.6 is 0 Å². The molecule has 0 aromatic carbocycles. The molecule has 2 heterocycles. The molecule has 0 amide bonds. The van der Waals surface area contributed by atoms with Crippen LogP contribution in [0.5, 0.6) is 5.75 Å². The third kappa shape index (κ3) is 1.50. The zero-order valence-electron chi connectivity index (χ0n) is 8.27. The molecule has 1 aliphatic heterocycles. The van der Waals surface area contributed by atoms with E-state index in [1.54, 1.807) is 13.1 Å². The highest BCUT2D eigenvalue weighted by Gasteiger charge is 2.18. The van der Waals surface area contributed by atoms with Gasteiger partial charge in [-0.15, -0.1) is 0 Å². The number of aliphatic hydroxyl groups excluding tert-OH is 1. The van der Waals surface area contributed by atoms with Crippen molar-refractivity contribution < 1.29 is 9.84 Å². The third-order valence-electron chi connectivity index (χ3n) is 2.17. The van der Waals surface area contributed by atoms with Gasteiger partial charge in [0.2, 0.25) is 0 Å². The van der Waals surface area contributed by atoms with Crippen LogP contribution in [-0.2, 0) is 0 Å². The van der Waals surface area contributed by atoms with E-state index in [0.717, 1.165) is 12.4 Å². The second-order valence-corrected chi connectivity index (χ2v) is 3.36. The van der Waals surface area contributed by atoms with E-state index in [1.165, 1.54) is 0 Å². The van der Waals surface area contributed by atoms with Gasteiger partial charge in [-0.05, 0) is 6.92 Å². The fourth-order valence-corrected chi connectivity index (χ4v) is 1.35. The normalized spacial score (nSPS) is 17.2. The van der Waals surface area contributed by atoms with Crippen molar-refractivity contribution in [2.45, 2.75) is 13.0 Å². The van der Waals surface area contributed by atoms with Gasteiger partial charge in [-0.25, -0.2) is 9.97 Å². The van der Waals surface area contributed by atoms with E-state index in [4.69, 9.17) is 4.74 Å². The van der Waals surface area contributed by atoms with Crippen molar-refractivity contribution in [1.82, 2.24) is 9.97 Å². The first-order valence-corrected chi connectivity index (χ1v) is 4.57. The maximum Gasteiger partial charge on any atom is 0.180 e. The molecular weight excluding hydrogens is 182 g/mol. The van der Waals surface area contributed by atoms with E-state index in [2.05, 4.69) is 9.97 Å². The largest absolute Gasteiger partial charge is 0.486 e. The van der Waals surface area contributed by atoms with E-state index in [-0.39, 0.29) is 0 Å². The summed E-state index contributed by atoms with van der Waals surface area (Å²) < 4.78 is 5.38. The minimum absolute atomic E-state index is 0.432. The number of aliphatic hydroxyl groups is 1. The summed E-state index contributed by atoms with van der Waals surface area (Å²) in [4.78, 5) is 10.2. The summed E-state index contributed by atoms with van der Waals surface area (Å²) in [6, 6.07) is 0. The number of aromatic nitrogens is 2. The van der Waals surface area contributed by atoms with Gasteiger partial charge in [-0.3, -0.25) is 0 Å². The summed E-state index contributed by atoms with van der Waals surface area (Å²) in [5.41, 5.74) is 0. The molecule has 0 spiro atoms. The standard InChI is InChI=1S/C9H13N3O2/c1-6(13)8-10-5-7-9(11-8)12(2)3-4-14-7/h5-6,13H,3-4H2,1-2H3. The average molecular weight is 195 g/mol. The van der Waals surface area contributed by atoms with Crippen molar-refractivity contribution in [2.75, 3.05) is 25.1 Å². The van der Waals surface area contributed by atoms with Gasteiger partial charge in [0, 0.05) is 7.05 Å². The van der Waals surface area contributed by atoms with Gasteiger partial charge in [0.25, 0.3) is 0 Å². The molecule has 1 aliphatic rings. The van der Waals surface area contributed by atoms with Crippen molar-refractivity contribution in [2.24, 2.45) is 0 Å². The average Bonchev–Trinajstić information content (AvgIpc) is 2.18. The van der Waals surface area contributed by atoms with Gasteiger partial charge in [0.15, 0.2) is 17.4 Å². The Balaban J connectivity index is 2.41.